The van der Waals surface area contributed by atoms with E-state index in [9.17, 15) is 17.6 Å². The molecule has 2 aliphatic rings. The summed E-state index contributed by atoms with van der Waals surface area (Å²) in [6, 6.07) is 10.9. The largest absolute Gasteiger partial charge is 0.496 e. The summed E-state index contributed by atoms with van der Waals surface area (Å²) < 4.78 is 52.1. The van der Waals surface area contributed by atoms with E-state index in [1.165, 1.54) is 35.7 Å². The molecule has 0 aliphatic carbocycles. The summed E-state index contributed by atoms with van der Waals surface area (Å²) >= 11 is 0. The first-order valence-corrected chi connectivity index (χ1v) is 11.9. The maximum Gasteiger partial charge on any atom is 0.257 e. The summed E-state index contributed by atoms with van der Waals surface area (Å²) in [6.07, 6.45) is 0. The van der Waals surface area contributed by atoms with Crippen LogP contribution in [0.15, 0.2) is 47.4 Å². The number of para-hydroxylation sites is 1. The third-order valence-electron chi connectivity index (χ3n) is 5.77. The number of benzene rings is 2. The molecule has 172 valence electrons. The van der Waals surface area contributed by atoms with E-state index in [4.69, 9.17) is 9.47 Å². The number of morpholine rings is 1. The summed E-state index contributed by atoms with van der Waals surface area (Å²) in [5.74, 6) is -0.295. The zero-order valence-corrected chi connectivity index (χ0v) is 18.7. The highest BCUT2D eigenvalue weighted by Gasteiger charge is 2.30. The molecule has 8 nitrogen and oxygen atoms in total. The van der Waals surface area contributed by atoms with Crippen LogP contribution in [0.1, 0.15) is 10.4 Å². The third-order valence-corrected chi connectivity index (χ3v) is 7.66. The van der Waals surface area contributed by atoms with Crippen LogP contribution in [0, 0.1) is 5.82 Å². The smallest absolute Gasteiger partial charge is 0.257 e. The zero-order chi connectivity index (χ0) is 22.7. The second-order valence-corrected chi connectivity index (χ2v) is 9.55. The summed E-state index contributed by atoms with van der Waals surface area (Å²) in [6.45, 7) is 2.95. The van der Waals surface area contributed by atoms with Crippen molar-refractivity contribution in [3.8, 4) is 5.75 Å². The van der Waals surface area contributed by atoms with Crippen LogP contribution in [0.25, 0.3) is 0 Å². The number of anilines is 1. The Labute approximate surface area is 187 Å². The summed E-state index contributed by atoms with van der Waals surface area (Å²) in [4.78, 5) is 16.9. The first kappa shape index (κ1) is 22.5. The first-order valence-electron chi connectivity index (χ1n) is 10.5. The van der Waals surface area contributed by atoms with E-state index in [-0.39, 0.29) is 35.3 Å². The van der Waals surface area contributed by atoms with E-state index < -0.39 is 10.0 Å². The van der Waals surface area contributed by atoms with Crippen molar-refractivity contribution in [2.75, 3.05) is 64.5 Å². The fraction of sp³-hybridized carbons (Fsp3) is 0.409. The maximum atomic E-state index is 14.1. The van der Waals surface area contributed by atoms with E-state index in [1.807, 2.05) is 4.90 Å². The lowest BCUT2D eigenvalue weighted by atomic mass is 10.1. The van der Waals surface area contributed by atoms with E-state index >= 15 is 0 Å². The lowest BCUT2D eigenvalue weighted by Crippen LogP contribution is -2.49. The number of carbonyl (C=O) groups excluding carboxylic acids is 1. The molecule has 0 aromatic heterocycles. The molecule has 1 amide bonds. The predicted octanol–water partition coefficient (Wildman–Crippen LogP) is 1.82. The van der Waals surface area contributed by atoms with Crippen molar-refractivity contribution < 1.29 is 27.1 Å². The van der Waals surface area contributed by atoms with Gasteiger partial charge in [-0.05, 0) is 30.3 Å². The highest BCUT2D eigenvalue weighted by molar-refractivity contribution is 7.89. The molecule has 2 fully saturated rings. The topological polar surface area (TPSA) is 79.4 Å². The van der Waals surface area contributed by atoms with E-state index in [0.717, 1.165) is 0 Å². The van der Waals surface area contributed by atoms with Gasteiger partial charge < -0.3 is 19.3 Å². The molecule has 2 aliphatic heterocycles. The summed E-state index contributed by atoms with van der Waals surface area (Å²) in [5, 5.41) is 0. The predicted molar refractivity (Wildman–Crippen MR) is 117 cm³/mol. The van der Waals surface area contributed by atoms with Crippen molar-refractivity contribution in [1.29, 1.82) is 0 Å². The van der Waals surface area contributed by atoms with E-state index in [0.29, 0.717) is 50.8 Å². The molecule has 32 heavy (non-hydrogen) atoms. The van der Waals surface area contributed by atoms with Crippen LogP contribution in [0.5, 0.6) is 5.75 Å². The number of carbonyl (C=O) groups is 1. The van der Waals surface area contributed by atoms with Gasteiger partial charge in [-0.1, -0.05) is 12.1 Å². The van der Waals surface area contributed by atoms with E-state index in [2.05, 4.69) is 0 Å². The van der Waals surface area contributed by atoms with Crippen molar-refractivity contribution in [3.05, 3.63) is 53.8 Å². The van der Waals surface area contributed by atoms with E-state index in [1.54, 1.807) is 23.1 Å². The number of halogens is 1. The molecule has 0 bridgehead atoms. The zero-order valence-electron chi connectivity index (χ0n) is 17.9. The second kappa shape index (κ2) is 9.43. The van der Waals surface area contributed by atoms with Crippen LogP contribution in [0.4, 0.5) is 10.1 Å². The number of piperazine rings is 1. The molecule has 0 atom stereocenters. The Balaban J connectivity index is 1.53. The molecule has 10 heteroatoms. The Kier molecular flexibility index (Phi) is 6.63. The summed E-state index contributed by atoms with van der Waals surface area (Å²) in [7, 11) is -2.30. The van der Waals surface area contributed by atoms with Crippen molar-refractivity contribution >= 4 is 21.6 Å². The van der Waals surface area contributed by atoms with Gasteiger partial charge in [0, 0.05) is 39.3 Å². The van der Waals surface area contributed by atoms with Crippen LogP contribution in [0.3, 0.4) is 0 Å². The fourth-order valence-corrected chi connectivity index (χ4v) is 5.41. The molecule has 0 saturated carbocycles. The van der Waals surface area contributed by atoms with Gasteiger partial charge in [-0.15, -0.1) is 0 Å². The maximum absolute atomic E-state index is 14.1. The van der Waals surface area contributed by atoms with Gasteiger partial charge in [0.2, 0.25) is 10.0 Å². The molecule has 2 saturated heterocycles. The van der Waals surface area contributed by atoms with Gasteiger partial charge in [0.15, 0.2) is 0 Å². The minimum Gasteiger partial charge on any atom is -0.496 e. The molecule has 0 radical (unpaired) electrons. The number of methoxy groups -OCH3 is 1. The number of ether oxygens (including phenoxy) is 2. The molecular formula is C22H26FN3O5S. The number of nitrogens with zero attached hydrogens (tertiary/aromatic N) is 3. The second-order valence-electron chi connectivity index (χ2n) is 7.61. The van der Waals surface area contributed by atoms with Gasteiger partial charge in [-0.25, -0.2) is 12.8 Å². The molecule has 0 N–H and O–H groups in total. The monoisotopic (exact) mass is 463 g/mol. The van der Waals surface area contributed by atoms with Gasteiger partial charge in [0.05, 0.1) is 36.5 Å². The van der Waals surface area contributed by atoms with Crippen LogP contribution in [-0.4, -0.2) is 83.1 Å². The van der Waals surface area contributed by atoms with Crippen LogP contribution in [-0.2, 0) is 14.8 Å². The molecular weight excluding hydrogens is 437 g/mol. The minimum atomic E-state index is -3.75. The van der Waals surface area contributed by atoms with Gasteiger partial charge in [-0.2, -0.15) is 4.31 Å². The molecule has 0 spiro atoms. The lowest BCUT2D eigenvalue weighted by molar-refractivity contribution is 0.0728. The first-order chi connectivity index (χ1) is 15.4. The Bertz CT molecular complexity index is 1080. The Morgan fingerprint density at radius 3 is 2.34 bits per heavy atom. The molecule has 2 heterocycles. The molecule has 2 aromatic carbocycles. The lowest BCUT2D eigenvalue weighted by Gasteiger charge is -2.36. The Hall–Kier alpha value is -2.69. The Morgan fingerprint density at radius 2 is 1.69 bits per heavy atom. The standard InChI is InChI=1S/C22H26FN3O5S/c1-30-21-7-6-17(32(28,29)26-12-14-31-15-13-26)16-18(21)22(27)25-10-8-24(9-11-25)20-5-3-2-4-19(20)23/h2-7,16H,8-15H2,1H3. The third kappa shape index (κ3) is 4.43. The quantitative estimate of drug-likeness (QED) is 0.673. The highest BCUT2D eigenvalue weighted by Crippen LogP contribution is 2.27. The number of rotatable bonds is 5. The fourth-order valence-electron chi connectivity index (χ4n) is 3.98. The van der Waals surface area contributed by atoms with Crippen molar-refractivity contribution in [2.45, 2.75) is 4.90 Å². The highest BCUT2D eigenvalue weighted by atomic mass is 32.2. The molecule has 4 rings (SSSR count). The summed E-state index contributed by atoms with van der Waals surface area (Å²) in [5.41, 5.74) is 0.706. The van der Waals surface area contributed by atoms with Gasteiger partial charge in [-0.3, -0.25) is 4.79 Å². The minimum absolute atomic E-state index is 0.0496. The Morgan fingerprint density at radius 1 is 1.00 bits per heavy atom. The van der Waals surface area contributed by atoms with Crippen LogP contribution in [0.2, 0.25) is 0 Å². The number of hydrogen-bond donors (Lipinski definition) is 0. The van der Waals surface area contributed by atoms with Crippen LogP contribution < -0.4 is 9.64 Å². The average molecular weight is 464 g/mol. The van der Waals surface area contributed by atoms with Gasteiger partial charge >= 0.3 is 0 Å². The average Bonchev–Trinajstić information content (AvgIpc) is 2.84. The number of hydrogen-bond acceptors (Lipinski definition) is 6. The normalized spacial score (nSPS) is 17.9. The number of amides is 1. The van der Waals surface area contributed by atoms with Crippen molar-refractivity contribution in [1.82, 2.24) is 9.21 Å². The SMILES string of the molecule is COc1ccc(S(=O)(=O)N2CCOCC2)cc1C(=O)N1CCN(c2ccccc2F)CC1. The molecule has 0 unspecified atom stereocenters. The van der Waals surface area contributed by atoms with Gasteiger partial charge in [0.25, 0.3) is 5.91 Å². The van der Waals surface area contributed by atoms with Gasteiger partial charge in [0.1, 0.15) is 11.6 Å². The number of sulfonamides is 1. The van der Waals surface area contributed by atoms with Crippen LogP contribution >= 0.6 is 0 Å². The van der Waals surface area contributed by atoms with Crippen molar-refractivity contribution in [2.24, 2.45) is 0 Å². The molecule has 2 aromatic rings. The van der Waals surface area contributed by atoms with Crippen molar-refractivity contribution in [3.63, 3.8) is 0 Å².